The minimum atomic E-state index is -0.678. The lowest BCUT2D eigenvalue weighted by molar-refractivity contribution is -0.137. The molecule has 1 aromatic carbocycles. The molecule has 6 nitrogen and oxygen atoms in total. The zero-order valence-corrected chi connectivity index (χ0v) is 14.3. The Morgan fingerprint density at radius 2 is 1.58 bits per heavy atom. The molecule has 0 bridgehead atoms. The summed E-state index contributed by atoms with van der Waals surface area (Å²) in [6, 6.07) is 7.93. The highest BCUT2D eigenvalue weighted by Gasteiger charge is 2.01. The molecule has 0 spiro atoms. The van der Waals surface area contributed by atoms with E-state index in [1.54, 1.807) is 4.79 Å². The maximum Gasteiger partial charge on any atom is 0.303 e. The van der Waals surface area contributed by atoms with Gasteiger partial charge in [-0.05, 0) is 30.2 Å². The molecular formula is C18H28N4O2. The highest BCUT2D eigenvalue weighted by Crippen LogP contribution is 2.11. The van der Waals surface area contributed by atoms with E-state index in [2.05, 4.69) is 15.7 Å². The van der Waals surface area contributed by atoms with E-state index in [1.807, 2.05) is 24.3 Å². The first kappa shape index (κ1) is 18.2. The number of hydrogen-bond acceptors (Lipinski definition) is 4. The Bertz CT molecular complexity index is 612. The summed E-state index contributed by atoms with van der Waals surface area (Å²) in [6.07, 6.45) is 10.7. The van der Waals surface area contributed by atoms with Crippen molar-refractivity contribution < 1.29 is 9.90 Å². The van der Waals surface area contributed by atoms with E-state index in [-0.39, 0.29) is 0 Å². The number of nitrogens with zero attached hydrogens (tertiary/aromatic N) is 3. The third kappa shape index (κ3) is 6.56. The lowest BCUT2D eigenvalue weighted by Gasteiger charge is -2.06. The van der Waals surface area contributed by atoms with Crippen molar-refractivity contribution in [2.24, 2.45) is 0 Å². The minimum Gasteiger partial charge on any atom is -0.481 e. The average Bonchev–Trinajstić information content (AvgIpc) is 2.99. The number of rotatable bonds is 13. The topological polar surface area (TPSA) is 80.0 Å². The number of unbranched alkanes of at least 4 members (excludes halogenated alkanes) is 8. The Hall–Kier alpha value is -2.11. The number of aromatic nitrogens is 3. The number of carboxylic acid groups (broad SMARTS) is 1. The minimum absolute atomic E-state index is 0.314. The number of para-hydroxylation sites is 1. The van der Waals surface area contributed by atoms with Crippen molar-refractivity contribution in [3.8, 4) is 0 Å². The van der Waals surface area contributed by atoms with Crippen LogP contribution in [0.4, 0.5) is 0 Å². The number of aliphatic carboxylic acids is 1. The lowest BCUT2D eigenvalue weighted by Crippen LogP contribution is -2.17. The molecule has 0 atom stereocenters. The van der Waals surface area contributed by atoms with Gasteiger partial charge in [0.15, 0.2) is 0 Å². The van der Waals surface area contributed by atoms with Gasteiger partial charge >= 0.3 is 5.97 Å². The molecular weight excluding hydrogens is 304 g/mol. The normalized spacial score (nSPS) is 11.0. The van der Waals surface area contributed by atoms with Crippen LogP contribution in [0.3, 0.4) is 0 Å². The van der Waals surface area contributed by atoms with E-state index in [1.165, 1.54) is 32.1 Å². The summed E-state index contributed by atoms with van der Waals surface area (Å²) in [5.41, 5.74) is 5.22. The zero-order chi connectivity index (χ0) is 17.0. The molecule has 0 aliphatic rings. The molecule has 1 heterocycles. The fourth-order valence-electron chi connectivity index (χ4n) is 2.81. The summed E-state index contributed by atoms with van der Waals surface area (Å²) in [5.74, 6) is -0.678. The van der Waals surface area contributed by atoms with Crippen LogP contribution >= 0.6 is 0 Å². The van der Waals surface area contributed by atoms with Crippen molar-refractivity contribution in [3.63, 3.8) is 0 Å². The maximum absolute atomic E-state index is 10.4. The summed E-state index contributed by atoms with van der Waals surface area (Å²) in [4.78, 5) is 12.1. The van der Waals surface area contributed by atoms with Gasteiger partial charge in [-0.15, -0.1) is 5.10 Å². The molecule has 0 aliphatic carbocycles. The SMILES string of the molecule is O=C(O)CCCCCCCCCCCNn1nnc2ccccc21. The lowest BCUT2D eigenvalue weighted by atomic mass is 10.1. The number of benzene rings is 1. The fraction of sp³-hybridized carbons (Fsp3) is 0.611. The molecule has 2 rings (SSSR count). The van der Waals surface area contributed by atoms with Gasteiger partial charge in [0.1, 0.15) is 11.0 Å². The van der Waals surface area contributed by atoms with Crippen molar-refractivity contribution in [1.29, 1.82) is 0 Å². The first-order chi connectivity index (χ1) is 11.8. The summed E-state index contributed by atoms with van der Waals surface area (Å²) < 4.78 is 0. The van der Waals surface area contributed by atoms with Gasteiger partial charge in [0.2, 0.25) is 0 Å². The predicted molar refractivity (Wildman–Crippen MR) is 95.6 cm³/mol. The predicted octanol–water partition coefficient (Wildman–Crippen LogP) is 3.96. The largest absolute Gasteiger partial charge is 0.481 e. The van der Waals surface area contributed by atoms with Gasteiger partial charge in [-0.25, -0.2) is 0 Å². The number of carbonyl (C=O) groups is 1. The van der Waals surface area contributed by atoms with E-state index >= 15 is 0 Å². The average molecular weight is 332 g/mol. The molecule has 0 aliphatic heterocycles. The van der Waals surface area contributed by atoms with E-state index in [0.717, 1.165) is 43.3 Å². The van der Waals surface area contributed by atoms with E-state index in [4.69, 9.17) is 5.11 Å². The van der Waals surface area contributed by atoms with Crippen LogP contribution in [0, 0.1) is 0 Å². The van der Waals surface area contributed by atoms with Crippen LogP contribution in [0.25, 0.3) is 11.0 Å². The molecule has 0 fully saturated rings. The van der Waals surface area contributed by atoms with Crippen molar-refractivity contribution in [3.05, 3.63) is 24.3 Å². The Morgan fingerprint density at radius 3 is 2.29 bits per heavy atom. The van der Waals surface area contributed by atoms with Crippen molar-refractivity contribution in [1.82, 2.24) is 15.1 Å². The van der Waals surface area contributed by atoms with Gasteiger partial charge in [-0.3, -0.25) is 4.79 Å². The van der Waals surface area contributed by atoms with Crippen LogP contribution in [0.5, 0.6) is 0 Å². The summed E-state index contributed by atoms with van der Waals surface area (Å²) in [7, 11) is 0. The van der Waals surface area contributed by atoms with Gasteiger partial charge in [-0.1, -0.05) is 57.1 Å². The Morgan fingerprint density at radius 1 is 0.958 bits per heavy atom. The highest BCUT2D eigenvalue weighted by molar-refractivity contribution is 5.74. The van der Waals surface area contributed by atoms with Gasteiger partial charge in [0.25, 0.3) is 0 Å². The molecule has 6 heteroatoms. The number of carboxylic acids is 1. The summed E-state index contributed by atoms with van der Waals surface area (Å²) in [5, 5.41) is 16.8. The third-order valence-corrected chi connectivity index (χ3v) is 4.18. The number of nitrogens with one attached hydrogen (secondary N) is 1. The Labute approximate surface area is 143 Å². The first-order valence-electron chi connectivity index (χ1n) is 9.03. The van der Waals surface area contributed by atoms with Crippen LogP contribution in [-0.4, -0.2) is 32.7 Å². The van der Waals surface area contributed by atoms with Crippen molar-refractivity contribution in [2.75, 3.05) is 12.0 Å². The maximum atomic E-state index is 10.4. The molecule has 24 heavy (non-hydrogen) atoms. The second kappa shape index (κ2) is 10.6. The Balaban J connectivity index is 1.43. The van der Waals surface area contributed by atoms with Gasteiger partial charge < -0.3 is 10.5 Å². The molecule has 0 amide bonds. The molecule has 2 N–H and O–H groups in total. The van der Waals surface area contributed by atoms with Crippen LogP contribution < -0.4 is 5.43 Å². The van der Waals surface area contributed by atoms with Gasteiger partial charge in [0, 0.05) is 13.0 Å². The molecule has 0 radical (unpaired) electrons. The van der Waals surface area contributed by atoms with Gasteiger partial charge in [0.05, 0.1) is 0 Å². The van der Waals surface area contributed by atoms with Crippen molar-refractivity contribution in [2.45, 2.75) is 64.2 Å². The molecule has 2 aromatic rings. The molecule has 0 saturated carbocycles. The van der Waals surface area contributed by atoms with Crippen LogP contribution in [0.15, 0.2) is 24.3 Å². The smallest absolute Gasteiger partial charge is 0.303 e. The monoisotopic (exact) mass is 332 g/mol. The van der Waals surface area contributed by atoms with Crippen LogP contribution in [0.1, 0.15) is 64.2 Å². The second-order valence-electron chi connectivity index (χ2n) is 6.22. The molecule has 132 valence electrons. The quantitative estimate of drug-likeness (QED) is 0.543. The van der Waals surface area contributed by atoms with Crippen LogP contribution in [-0.2, 0) is 4.79 Å². The summed E-state index contributed by atoms with van der Waals surface area (Å²) in [6.45, 7) is 0.905. The van der Waals surface area contributed by atoms with E-state index in [9.17, 15) is 4.79 Å². The second-order valence-corrected chi connectivity index (χ2v) is 6.22. The van der Waals surface area contributed by atoms with E-state index < -0.39 is 5.97 Å². The highest BCUT2D eigenvalue weighted by atomic mass is 16.4. The molecule has 0 saturated heterocycles. The van der Waals surface area contributed by atoms with Gasteiger partial charge in [-0.2, -0.15) is 4.79 Å². The fourth-order valence-corrected chi connectivity index (χ4v) is 2.81. The van der Waals surface area contributed by atoms with Crippen LogP contribution in [0.2, 0.25) is 0 Å². The van der Waals surface area contributed by atoms with E-state index in [0.29, 0.717) is 6.42 Å². The first-order valence-corrected chi connectivity index (χ1v) is 9.03. The Kier molecular flexibility index (Phi) is 8.07. The standard InChI is InChI=1S/C18H28N4O2/c23-18(24)14-8-6-4-2-1-3-5-7-11-15-19-22-17-13-10-9-12-16(17)20-21-22/h9-10,12-13,19H,1-8,11,14-15H2,(H,23,24). The molecule has 1 aromatic heterocycles. The number of hydrogen-bond donors (Lipinski definition) is 2. The summed E-state index contributed by atoms with van der Waals surface area (Å²) >= 11 is 0. The van der Waals surface area contributed by atoms with Crippen molar-refractivity contribution >= 4 is 17.0 Å². The number of fused-ring (bicyclic) bond motifs is 1. The third-order valence-electron chi connectivity index (χ3n) is 4.18. The molecule has 0 unspecified atom stereocenters. The zero-order valence-electron chi connectivity index (χ0n) is 14.3.